The van der Waals surface area contributed by atoms with E-state index in [0.29, 0.717) is 11.5 Å². The standard InChI is InChI=1S/C19H18N2O2S/c1-22-17-10-9-16(12-18(17)23-2)24-21-19-11-8-15(13-20-19)14-6-4-3-5-7-14/h3-13H,1-2H3,(H,20,21). The molecule has 0 bridgehead atoms. The Labute approximate surface area is 146 Å². The van der Waals surface area contributed by atoms with Gasteiger partial charge in [-0.3, -0.25) is 0 Å². The molecule has 0 unspecified atom stereocenters. The molecule has 0 radical (unpaired) electrons. The molecule has 0 aliphatic rings. The molecule has 2 aromatic carbocycles. The fraction of sp³-hybridized carbons (Fsp3) is 0.105. The van der Waals surface area contributed by atoms with E-state index in [0.717, 1.165) is 21.8 Å². The van der Waals surface area contributed by atoms with Crippen LogP contribution in [0.5, 0.6) is 11.5 Å². The minimum absolute atomic E-state index is 0.705. The first-order chi connectivity index (χ1) is 11.8. The van der Waals surface area contributed by atoms with Gasteiger partial charge < -0.3 is 14.2 Å². The molecule has 0 aliphatic heterocycles. The number of hydrogen-bond acceptors (Lipinski definition) is 5. The van der Waals surface area contributed by atoms with Crippen LogP contribution in [0.1, 0.15) is 0 Å². The van der Waals surface area contributed by atoms with E-state index in [1.54, 1.807) is 14.2 Å². The largest absolute Gasteiger partial charge is 0.493 e. The number of pyridine rings is 1. The predicted octanol–water partition coefficient (Wildman–Crippen LogP) is 4.89. The lowest BCUT2D eigenvalue weighted by atomic mass is 10.1. The van der Waals surface area contributed by atoms with Gasteiger partial charge in [0.05, 0.1) is 14.2 Å². The summed E-state index contributed by atoms with van der Waals surface area (Å²) in [4.78, 5) is 5.47. The average Bonchev–Trinajstić information content (AvgIpc) is 2.67. The zero-order valence-electron chi connectivity index (χ0n) is 13.5. The molecule has 122 valence electrons. The van der Waals surface area contributed by atoms with Gasteiger partial charge in [-0.25, -0.2) is 4.98 Å². The lowest BCUT2D eigenvalue weighted by Gasteiger charge is -2.10. The Morgan fingerprint density at radius 3 is 2.29 bits per heavy atom. The van der Waals surface area contributed by atoms with E-state index < -0.39 is 0 Å². The maximum Gasteiger partial charge on any atom is 0.161 e. The van der Waals surface area contributed by atoms with Gasteiger partial charge in [-0.1, -0.05) is 30.3 Å². The molecule has 1 N–H and O–H groups in total. The Balaban J connectivity index is 1.67. The molecule has 0 fully saturated rings. The van der Waals surface area contributed by atoms with Crippen LogP contribution >= 0.6 is 11.9 Å². The summed E-state index contributed by atoms with van der Waals surface area (Å²) in [5.41, 5.74) is 2.25. The van der Waals surface area contributed by atoms with Crippen molar-refractivity contribution in [3.05, 3.63) is 66.9 Å². The molecular formula is C19H18N2O2S. The number of hydrogen-bond donors (Lipinski definition) is 1. The number of anilines is 1. The van der Waals surface area contributed by atoms with Crippen molar-refractivity contribution in [2.24, 2.45) is 0 Å². The monoisotopic (exact) mass is 338 g/mol. The van der Waals surface area contributed by atoms with Crippen LogP contribution < -0.4 is 14.2 Å². The normalized spacial score (nSPS) is 10.2. The smallest absolute Gasteiger partial charge is 0.161 e. The molecule has 0 amide bonds. The third kappa shape index (κ3) is 3.81. The molecule has 0 spiro atoms. The van der Waals surface area contributed by atoms with Crippen molar-refractivity contribution < 1.29 is 9.47 Å². The molecule has 0 saturated heterocycles. The Morgan fingerprint density at radius 2 is 1.62 bits per heavy atom. The zero-order chi connectivity index (χ0) is 16.8. The van der Waals surface area contributed by atoms with Crippen molar-refractivity contribution in [2.45, 2.75) is 4.90 Å². The summed E-state index contributed by atoms with van der Waals surface area (Å²) >= 11 is 1.48. The minimum Gasteiger partial charge on any atom is -0.493 e. The van der Waals surface area contributed by atoms with Crippen LogP contribution in [-0.4, -0.2) is 19.2 Å². The number of benzene rings is 2. The topological polar surface area (TPSA) is 43.4 Å². The summed E-state index contributed by atoms with van der Waals surface area (Å²) in [5, 5.41) is 0. The Morgan fingerprint density at radius 1 is 0.833 bits per heavy atom. The summed E-state index contributed by atoms with van der Waals surface area (Å²) in [5.74, 6) is 2.22. The maximum absolute atomic E-state index is 5.31. The third-order valence-corrected chi connectivity index (χ3v) is 4.30. The zero-order valence-corrected chi connectivity index (χ0v) is 14.3. The number of nitrogens with zero attached hydrogens (tertiary/aromatic N) is 1. The number of methoxy groups -OCH3 is 2. The molecule has 3 aromatic rings. The average molecular weight is 338 g/mol. The first kappa shape index (κ1) is 16.2. The second-order valence-corrected chi connectivity index (χ2v) is 5.90. The molecule has 1 aromatic heterocycles. The van der Waals surface area contributed by atoms with Crippen molar-refractivity contribution in [1.82, 2.24) is 4.98 Å². The number of aromatic nitrogens is 1. The van der Waals surface area contributed by atoms with Gasteiger partial charge >= 0.3 is 0 Å². The van der Waals surface area contributed by atoms with Gasteiger partial charge in [0.2, 0.25) is 0 Å². The molecular weight excluding hydrogens is 320 g/mol. The number of ether oxygens (including phenoxy) is 2. The first-order valence-corrected chi connectivity index (χ1v) is 8.28. The molecule has 24 heavy (non-hydrogen) atoms. The highest BCUT2D eigenvalue weighted by molar-refractivity contribution is 8.00. The minimum atomic E-state index is 0.705. The molecule has 5 heteroatoms. The van der Waals surface area contributed by atoms with Gasteiger partial charge in [0.25, 0.3) is 0 Å². The van der Waals surface area contributed by atoms with E-state index in [1.165, 1.54) is 11.9 Å². The molecule has 3 rings (SSSR count). The SMILES string of the molecule is COc1ccc(SNc2ccc(-c3ccccc3)cn2)cc1OC. The van der Waals surface area contributed by atoms with Crippen molar-refractivity contribution in [1.29, 1.82) is 0 Å². The Hall–Kier alpha value is -2.66. The Kier molecular flexibility index (Phi) is 5.23. The molecule has 0 atom stereocenters. The van der Waals surface area contributed by atoms with Crippen LogP contribution in [-0.2, 0) is 0 Å². The number of rotatable bonds is 6. The lowest BCUT2D eigenvalue weighted by Crippen LogP contribution is -1.93. The molecule has 4 nitrogen and oxygen atoms in total. The van der Waals surface area contributed by atoms with Crippen LogP contribution in [0.15, 0.2) is 71.8 Å². The maximum atomic E-state index is 5.31. The van der Waals surface area contributed by atoms with Crippen LogP contribution in [0.25, 0.3) is 11.1 Å². The predicted molar refractivity (Wildman–Crippen MR) is 98.7 cm³/mol. The van der Waals surface area contributed by atoms with E-state index in [4.69, 9.17) is 9.47 Å². The summed E-state index contributed by atoms with van der Waals surface area (Å²) in [6.07, 6.45) is 1.87. The number of nitrogens with one attached hydrogen (secondary N) is 1. The fourth-order valence-electron chi connectivity index (χ4n) is 2.25. The van der Waals surface area contributed by atoms with Crippen LogP contribution in [0.2, 0.25) is 0 Å². The molecule has 0 saturated carbocycles. The van der Waals surface area contributed by atoms with E-state index in [-0.39, 0.29) is 0 Å². The van der Waals surface area contributed by atoms with E-state index >= 15 is 0 Å². The molecule has 1 heterocycles. The first-order valence-electron chi connectivity index (χ1n) is 7.46. The van der Waals surface area contributed by atoms with Gasteiger partial charge in [-0.15, -0.1) is 0 Å². The lowest BCUT2D eigenvalue weighted by molar-refractivity contribution is 0.354. The van der Waals surface area contributed by atoms with Crippen LogP contribution in [0, 0.1) is 0 Å². The van der Waals surface area contributed by atoms with Gasteiger partial charge in [0.15, 0.2) is 11.5 Å². The second kappa shape index (κ2) is 7.75. The molecule has 0 aliphatic carbocycles. The highest BCUT2D eigenvalue weighted by Gasteiger charge is 2.05. The van der Waals surface area contributed by atoms with Crippen LogP contribution in [0.4, 0.5) is 5.82 Å². The van der Waals surface area contributed by atoms with Crippen molar-refractivity contribution >= 4 is 17.8 Å². The third-order valence-electron chi connectivity index (χ3n) is 3.50. The van der Waals surface area contributed by atoms with Crippen LogP contribution in [0.3, 0.4) is 0 Å². The van der Waals surface area contributed by atoms with Crippen molar-refractivity contribution in [3.63, 3.8) is 0 Å². The van der Waals surface area contributed by atoms with E-state index in [2.05, 4.69) is 27.9 Å². The Bertz CT molecular complexity index is 792. The fourth-order valence-corrected chi connectivity index (χ4v) is 2.89. The summed E-state index contributed by atoms with van der Waals surface area (Å²) in [7, 11) is 3.25. The van der Waals surface area contributed by atoms with E-state index in [1.807, 2.05) is 48.7 Å². The van der Waals surface area contributed by atoms with Gasteiger partial charge in [0, 0.05) is 16.7 Å². The quantitative estimate of drug-likeness (QED) is 0.649. The van der Waals surface area contributed by atoms with Gasteiger partial charge in [-0.05, 0) is 47.8 Å². The highest BCUT2D eigenvalue weighted by atomic mass is 32.2. The van der Waals surface area contributed by atoms with Crippen molar-refractivity contribution in [2.75, 3.05) is 18.9 Å². The summed E-state index contributed by atoms with van der Waals surface area (Å²) in [6.45, 7) is 0. The summed E-state index contributed by atoms with van der Waals surface area (Å²) < 4.78 is 13.8. The summed E-state index contributed by atoms with van der Waals surface area (Å²) in [6, 6.07) is 20.0. The van der Waals surface area contributed by atoms with Gasteiger partial charge in [0.1, 0.15) is 5.82 Å². The van der Waals surface area contributed by atoms with Gasteiger partial charge in [-0.2, -0.15) is 0 Å². The highest BCUT2D eigenvalue weighted by Crippen LogP contribution is 2.32. The van der Waals surface area contributed by atoms with Crippen molar-refractivity contribution in [3.8, 4) is 22.6 Å². The van der Waals surface area contributed by atoms with E-state index in [9.17, 15) is 0 Å². The second-order valence-electron chi connectivity index (χ2n) is 5.02.